The highest BCUT2D eigenvalue weighted by molar-refractivity contribution is 7.96. The van der Waals surface area contributed by atoms with E-state index >= 15 is 0 Å². The van der Waals surface area contributed by atoms with Crippen molar-refractivity contribution in [2.75, 3.05) is 7.11 Å². The number of carbonyl (C=O) groups excluding carboxylic acids is 2. The summed E-state index contributed by atoms with van der Waals surface area (Å²) >= 11 is 3.71. The first-order valence-corrected chi connectivity index (χ1v) is 5.88. The van der Waals surface area contributed by atoms with E-state index in [1.54, 1.807) is 38.1 Å². The second-order valence-corrected chi connectivity index (χ2v) is 4.82. The van der Waals surface area contributed by atoms with E-state index in [0.717, 1.165) is 5.56 Å². The molecule has 1 aromatic carbocycles. The van der Waals surface area contributed by atoms with Gasteiger partial charge in [0.2, 0.25) is 0 Å². The van der Waals surface area contributed by atoms with Crippen LogP contribution in [0.1, 0.15) is 19.4 Å². The van der Waals surface area contributed by atoms with E-state index in [1.165, 1.54) is 7.11 Å². The molecule has 0 N–H and O–H groups in total. The van der Waals surface area contributed by atoms with Crippen molar-refractivity contribution in [1.29, 1.82) is 0 Å². The zero-order chi connectivity index (χ0) is 13.8. The van der Waals surface area contributed by atoms with Gasteiger partial charge in [-0.05, 0) is 31.5 Å². The smallest absolute Gasteiger partial charge is 0.349 e. The predicted octanol–water partition coefficient (Wildman–Crippen LogP) is 2.02. The van der Waals surface area contributed by atoms with Crippen molar-refractivity contribution in [3.63, 3.8) is 0 Å². The monoisotopic (exact) mass is 268 g/mol. The number of ether oxygens (including phenoxy) is 2. The van der Waals surface area contributed by atoms with Crippen LogP contribution in [0.5, 0.6) is 5.75 Å². The minimum atomic E-state index is -1.05. The Morgan fingerprint density at radius 2 is 1.78 bits per heavy atom. The molecule has 0 amide bonds. The van der Waals surface area contributed by atoms with Crippen molar-refractivity contribution in [3.05, 3.63) is 29.8 Å². The lowest BCUT2D eigenvalue weighted by molar-refractivity contribution is -0.156. The molecule has 0 spiro atoms. The molecule has 1 rings (SSSR count). The van der Waals surface area contributed by atoms with Crippen molar-refractivity contribution in [2.24, 2.45) is 0 Å². The zero-order valence-electron chi connectivity index (χ0n) is 10.6. The lowest BCUT2D eigenvalue weighted by Crippen LogP contribution is -2.39. The minimum absolute atomic E-state index is 0.196. The fourth-order valence-corrected chi connectivity index (χ4v) is 1.61. The summed E-state index contributed by atoms with van der Waals surface area (Å²) in [6, 6.07) is 6.93. The summed E-state index contributed by atoms with van der Waals surface area (Å²) in [7, 11) is 1.31. The topological polar surface area (TPSA) is 52.6 Å². The van der Waals surface area contributed by atoms with Gasteiger partial charge in [0, 0.05) is 6.42 Å². The van der Waals surface area contributed by atoms with Gasteiger partial charge in [-0.1, -0.05) is 12.1 Å². The van der Waals surface area contributed by atoms with Crippen LogP contribution in [0.4, 0.5) is 0 Å². The van der Waals surface area contributed by atoms with Gasteiger partial charge >= 0.3 is 5.97 Å². The zero-order valence-corrected chi connectivity index (χ0v) is 11.5. The first-order valence-electron chi connectivity index (χ1n) is 5.43. The van der Waals surface area contributed by atoms with E-state index in [4.69, 9.17) is 4.74 Å². The van der Waals surface area contributed by atoms with Crippen molar-refractivity contribution >= 4 is 23.7 Å². The number of hydrogen-bond acceptors (Lipinski definition) is 4. The normalized spacial score (nSPS) is 10.9. The van der Waals surface area contributed by atoms with E-state index in [1.807, 2.05) is 0 Å². The Bertz CT molecular complexity index is 437. The maximum atomic E-state index is 11.4. The Morgan fingerprint density at radius 1 is 1.22 bits per heavy atom. The third kappa shape index (κ3) is 4.07. The van der Waals surface area contributed by atoms with Crippen molar-refractivity contribution in [2.45, 2.75) is 25.9 Å². The van der Waals surface area contributed by atoms with Crippen LogP contribution in [-0.2, 0) is 20.7 Å². The number of esters is 1. The summed E-state index contributed by atoms with van der Waals surface area (Å²) in [5, 5.41) is -0.196. The lowest BCUT2D eigenvalue weighted by atomic mass is 10.1. The number of carbonyl (C=O) groups is 2. The van der Waals surface area contributed by atoms with Crippen LogP contribution in [0.3, 0.4) is 0 Å². The third-order valence-corrected chi connectivity index (χ3v) is 2.49. The molecule has 0 unspecified atom stereocenters. The van der Waals surface area contributed by atoms with Gasteiger partial charge in [-0.15, -0.1) is 12.6 Å². The molecule has 0 fully saturated rings. The Morgan fingerprint density at radius 3 is 2.22 bits per heavy atom. The molecule has 0 radical (unpaired) electrons. The number of hydrogen-bond donors (Lipinski definition) is 1. The highest BCUT2D eigenvalue weighted by Crippen LogP contribution is 2.20. The summed E-state index contributed by atoms with van der Waals surface area (Å²) in [6.45, 7) is 3.26. The van der Waals surface area contributed by atoms with Crippen molar-refractivity contribution in [1.82, 2.24) is 0 Å². The SMILES string of the molecule is COC(=O)C(C)(C)Oc1ccc(CC(=O)S)cc1. The molecule has 4 nitrogen and oxygen atoms in total. The fraction of sp³-hybridized carbons (Fsp3) is 0.385. The van der Waals surface area contributed by atoms with Crippen LogP contribution in [0.25, 0.3) is 0 Å². The quantitative estimate of drug-likeness (QED) is 0.655. The summed E-state index contributed by atoms with van der Waals surface area (Å²) in [4.78, 5) is 22.3. The molecule has 0 saturated heterocycles. The van der Waals surface area contributed by atoms with Crippen LogP contribution >= 0.6 is 12.6 Å². The van der Waals surface area contributed by atoms with Gasteiger partial charge < -0.3 is 9.47 Å². The van der Waals surface area contributed by atoms with E-state index in [9.17, 15) is 9.59 Å². The van der Waals surface area contributed by atoms with Gasteiger partial charge in [0.15, 0.2) is 10.7 Å². The van der Waals surface area contributed by atoms with Gasteiger partial charge in [0.1, 0.15) is 5.75 Å². The molecule has 98 valence electrons. The van der Waals surface area contributed by atoms with E-state index in [0.29, 0.717) is 5.75 Å². The number of rotatable bonds is 5. The predicted molar refractivity (Wildman–Crippen MR) is 70.9 cm³/mol. The summed E-state index contributed by atoms with van der Waals surface area (Å²) in [5.74, 6) is 0.0953. The molecule has 0 aliphatic carbocycles. The second kappa shape index (κ2) is 5.91. The van der Waals surface area contributed by atoms with Crippen LogP contribution in [0, 0.1) is 0 Å². The van der Waals surface area contributed by atoms with Gasteiger partial charge in [0.05, 0.1) is 7.11 Å². The minimum Gasteiger partial charge on any atom is -0.476 e. The van der Waals surface area contributed by atoms with Crippen molar-refractivity contribution < 1.29 is 19.1 Å². The van der Waals surface area contributed by atoms with Gasteiger partial charge in [-0.3, -0.25) is 4.79 Å². The van der Waals surface area contributed by atoms with E-state index < -0.39 is 11.6 Å². The Balaban J connectivity index is 2.74. The van der Waals surface area contributed by atoms with E-state index in [2.05, 4.69) is 17.4 Å². The molecule has 0 aliphatic heterocycles. The summed E-state index contributed by atoms with van der Waals surface area (Å²) < 4.78 is 10.2. The maximum absolute atomic E-state index is 11.4. The van der Waals surface area contributed by atoms with Gasteiger partial charge in [0.25, 0.3) is 0 Å². The number of thiol groups is 1. The third-order valence-electron chi connectivity index (χ3n) is 2.33. The Hall–Kier alpha value is -1.49. The molecule has 5 heteroatoms. The van der Waals surface area contributed by atoms with Crippen LogP contribution in [0.15, 0.2) is 24.3 Å². The Kier molecular flexibility index (Phi) is 4.78. The number of methoxy groups -OCH3 is 1. The largest absolute Gasteiger partial charge is 0.476 e. The van der Waals surface area contributed by atoms with Crippen LogP contribution in [0.2, 0.25) is 0 Å². The molecule has 0 saturated carbocycles. The summed E-state index contributed by atoms with van der Waals surface area (Å²) in [5.41, 5.74) is -0.200. The Labute approximate surface area is 112 Å². The number of benzene rings is 1. The molecule has 0 heterocycles. The molecule has 18 heavy (non-hydrogen) atoms. The average molecular weight is 268 g/mol. The second-order valence-electron chi connectivity index (χ2n) is 4.32. The van der Waals surface area contributed by atoms with Crippen LogP contribution in [-0.4, -0.2) is 23.8 Å². The standard InChI is InChI=1S/C13H16O4S/c1-13(2,12(15)16-3)17-10-6-4-9(5-7-10)8-11(14)18/h4-7H,8H2,1-3H3,(H,14,18). The average Bonchev–Trinajstić information content (AvgIpc) is 2.29. The molecule has 0 atom stereocenters. The lowest BCUT2D eigenvalue weighted by Gasteiger charge is -2.23. The first-order chi connectivity index (χ1) is 8.35. The highest BCUT2D eigenvalue weighted by atomic mass is 32.1. The maximum Gasteiger partial charge on any atom is 0.349 e. The molecule has 1 aromatic rings. The van der Waals surface area contributed by atoms with Crippen LogP contribution < -0.4 is 4.74 Å². The summed E-state index contributed by atoms with van der Waals surface area (Å²) in [6.07, 6.45) is 0.268. The molecule has 0 aromatic heterocycles. The fourth-order valence-electron chi connectivity index (χ4n) is 1.43. The van der Waals surface area contributed by atoms with Crippen molar-refractivity contribution in [3.8, 4) is 5.75 Å². The molecule has 0 aliphatic rings. The van der Waals surface area contributed by atoms with E-state index in [-0.39, 0.29) is 11.5 Å². The van der Waals surface area contributed by atoms with Gasteiger partial charge in [-0.25, -0.2) is 4.79 Å². The highest BCUT2D eigenvalue weighted by Gasteiger charge is 2.30. The molecule has 0 bridgehead atoms. The van der Waals surface area contributed by atoms with Gasteiger partial charge in [-0.2, -0.15) is 0 Å². The first kappa shape index (κ1) is 14.6. The molecular formula is C13H16O4S. The molecular weight excluding hydrogens is 252 g/mol.